The number of benzene rings is 1. The molecule has 0 fully saturated rings. The van der Waals surface area contributed by atoms with Gasteiger partial charge in [0.25, 0.3) is 0 Å². The number of hydrogen-bond donors (Lipinski definition) is 1. The second-order valence-corrected chi connectivity index (χ2v) is 4.71. The first kappa shape index (κ1) is 14.2. The highest BCUT2D eigenvalue weighted by atomic mass is 32.2. The Labute approximate surface area is 104 Å². The molecule has 1 aromatic carbocycles. The van der Waals surface area contributed by atoms with Gasteiger partial charge in [0.05, 0.1) is 5.56 Å². The smallest absolute Gasteiger partial charge is 0.398 e. The zero-order valence-corrected chi connectivity index (χ0v) is 10.7. The molecule has 1 rings (SSSR count). The maximum Gasteiger partial charge on any atom is 0.416 e. The highest BCUT2D eigenvalue weighted by Gasteiger charge is 2.34. The van der Waals surface area contributed by atoms with Crippen LogP contribution in [0.3, 0.4) is 0 Å². The van der Waals surface area contributed by atoms with E-state index in [1.165, 1.54) is 17.8 Å². The maximum absolute atomic E-state index is 12.8. The van der Waals surface area contributed by atoms with Gasteiger partial charge in [0, 0.05) is 11.4 Å². The minimum absolute atomic E-state index is 0.218. The van der Waals surface area contributed by atoms with Crippen LogP contribution in [-0.2, 0) is 18.3 Å². The number of halogens is 3. The number of aryl methyl sites for hydroxylation is 1. The van der Waals surface area contributed by atoms with Crippen molar-refractivity contribution in [3.63, 3.8) is 0 Å². The van der Waals surface area contributed by atoms with Gasteiger partial charge in [-0.3, -0.25) is 0 Å². The minimum atomic E-state index is -4.33. The summed E-state index contributed by atoms with van der Waals surface area (Å²) in [7, 11) is 0. The van der Waals surface area contributed by atoms with Crippen LogP contribution >= 0.6 is 11.8 Å². The van der Waals surface area contributed by atoms with Crippen LogP contribution < -0.4 is 5.73 Å². The molecule has 1 aromatic rings. The lowest BCUT2D eigenvalue weighted by Gasteiger charge is -2.17. The average Bonchev–Trinajstić information content (AvgIpc) is 2.22. The SMILES string of the molecule is CCCc1ccc(C(F)(F)F)c(CSC)c1N. The summed E-state index contributed by atoms with van der Waals surface area (Å²) in [5.41, 5.74) is 6.56. The van der Waals surface area contributed by atoms with E-state index in [0.29, 0.717) is 12.1 Å². The fourth-order valence-electron chi connectivity index (χ4n) is 1.77. The summed E-state index contributed by atoms with van der Waals surface area (Å²) >= 11 is 1.35. The Balaban J connectivity index is 3.29. The number of thioether (sulfide) groups is 1. The molecule has 0 amide bonds. The van der Waals surface area contributed by atoms with Crippen LogP contribution in [0.25, 0.3) is 0 Å². The molecule has 0 atom stereocenters. The van der Waals surface area contributed by atoms with Crippen LogP contribution in [0.5, 0.6) is 0 Å². The summed E-state index contributed by atoms with van der Waals surface area (Å²) in [5, 5.41) is 0. The van der Waals surface area contributed by atoms with E-state index in [1.807, 2.05) is 6.92 Å². The predicted molar refractivity (Wildman–Crippen MR) is 67.1 cm³/mol. The summed E-state index contributed by atoms with van der Waals surface area (Å²) in [4.78, 5) is 0. The molecule has 0 unspecified atom stereocenters. The average molecular weight is 263 g/mol. The number of anilines is 1. The molecule has 0 spiro atoms. The standard InChI is InChI=1S/C12H16F3NS/c1-3-4-8-5-6-10(12(13,14)15)9(7-17-2)11(8)16/h5-6H,3-4,7,16H2,1-2H3. The first-order chi connectivity index (χ1) is 7.91. The molecule has 2 N–H and O–H groups in total. The van der Waals surface area contributed by atoms with E-state index in [4.69, 9.17) is 5.73 Å². The lowest BCUT2D eigenvalue weighted by atomic mass is 9.99. The molecule has 96 valence electrons. The van der Waals surface area contributed by atoms with E-state index >= 15 is 0 Å². The van der Waals surface area contributed by atoms with Gasteiger partial charge in [-0.05, 0) is 29.9 Å². The second-order valence-electron chi connectivity index (χ2n) is 3.85. The molecule has 1 nitrogen and oxygen atoms in total. The van der Waals surface area contributed by atoms with Crippen molar-refractivity contribution in [2.45, 2.75) is 31.7 Å². The molecule has 0 aliphatic rings. The van der Waals surface area contributed by atoms with Crippen LogP contribution in [0.2, 0.25) is 0 Å². The summed E-state index contributed by atoms with van der Waals surface area (Å²) in [5.74, 6) is 0.290. The van der Waals surface area contributed by atoms with Crippen molar-refractivity contribution in [1.82, 2.24) is 0 Å². The van der Waals surface area contributed by atoms with Gasteiger partial charge in [-0.1, -0.05) is 19.4 Å². The molecular formula is C12H16F3NS. The first-order valence-corrected chi connectivity index (χ1v) is 6.77. The number of nitrogens with two attached hydrogens (primary N) is 1. The molecular weight excluding hydrogens is 247 g/mol. The number of hydrogen-bond acceptors (Lipinski definition) is 2. The fraction of sp³-hybridized carbons (Fsp3) is 0.500. The second kappa shape index (κ2) is 5.67. The molecule has 0 aliphatic carbocycles. The van der Waals surface area contributed by atoms with Gasteiger partial charge in [-0.2, -0.15) is 24.9 Å². The van der Waals surface area contributed by atoms with Gasteiger partial charge in [-0.15, -0.1) is 0 Å². The molecule has 5 heteroatoms. The summed E-state index contributed by atoms with van der Waals surface area (Å²) in [6, 6.07) is 2.64. The molecule has 0 bridgehead atoms. The quantitative estimate of drug-likeness (QED) is 0.827. The van der Waals surface area contributed by atoms with E-state index in [-0.39, 0.29) is 11.3 Å². The molecule has 0 saturated heterocycles. The molecule has 0 aromatic heterocycles. The van der Waals surface area contributed by atoms with E-state index in [2.05, 4.69) is 0 Å². The van der Waals surface area contributed by atoms with Crippen LogP contribution in [0, 0.1) is 0 Å². The zero-order valence-electron chi connectivity index (χ0n) is 9.90. The molecule has 0 radical (unpaired) electrons. The molecule has 0 heterocycles. The van der Waals surface area contributed by atoms with E-state index in [9.17, 15) is 13.2 Å². The van der Waals surface area contributed by atoms with Crippen molar-refractivity contribution in [2.24, 2.45) is 0 Å². The van der Waals surface area contributed by atoms with Crippen LogP contribution in [0.15, 0.2) is 12.1 Å². The lowest BCUT2D eigenvalue weighted by molar-refractivity contribution is -0.138. The third-order valence-electron chi connectivity index (χ3n) is 2.56. The Bertz CT molecular complexity index is 388. The Hall–Kier alpha value is -0.840. The summed E-state index contributed by atoms with van der Waals surface area (Å²) in [6.07, 6.45) is -0.977. The minimum Gasteiger partial charge on any atom is -0.398 e. The fourth-order valence-corrected chi connectivity index (χ4v) is 2.37. The van der Waals surface area contributed by atoms with E-state index in [1.54, 1.807) is 6.26 Å². The highest BCUT2D eigenvalue weighted by Crippen LogP contribution is 2.37. The van der Waals surface area contributed by atoms with Gasteiger partial charge < -0.3 is 5.73 Å². The Morgan fingerprint density at radius 2 is 1.94 bits per heavy atom. The van der Waals surface area contributed by atoms with Gasteiger partial charge in [0.15, 0.2) is 0 Å². The maximum atomic E-state index is 12.8. The zero-order chi connectivity index (χ0) is 13.1. The topological polar surface area (TPSA) is 26.0 Å². The number of rotatable bonds is 4. The van der Waals surface area contributed by atoms with Gasteiger partial charge in [0.2, 0.25) is 0 Å². The third kappa shape index (κ3) is 3.31. The number of alkyl halides is 3. The van der Waals surface area contributed by atoms with Crippen molar-refractivity contribution >= 4 is 17.4 Å². The normalized spacial score (nSPS) is 11.8. The first-order valence-electron chi connectivity index (χ1n) is 5.38. The van der Waals surface area contributed by atoms with E-state index < -0.39 is 11.7 Å². The molecule has 0 aliphatic heterocycles. The van der Waals surface area contributed by atoms with Crippen molar-refractivity contribution < 1.29 is 13.2 Å². The van der Waals surface area contributed by atoms with Gasteiger partial charge in [-0.25, -0.2) is 0 Å². The summed E-state index contributed by atoms with van der Waals surface area (Å²) in [6.45, 7) is 1.98. The largest absolute Gasteiger partial charge is 0.416 e. The van der Waals surface area contributed by atoms with Crippen molar-refractivity contribution in [3.05, 3.63) is 28.8 Å². The predicted octanol–water partition coefficient (Wildman–Crippen LogP) is 4.10. The van der Waals surface area contributed by atoms with Crippen molar-refractivity contribution in [3.8, 4) is 0 Å². The highest BCUT2D eigenvalue weighted by molar-refractivity contribution is 7.97. The summed E-state index contributed by atoms with van der Waals surface area (Å²) < 4.78 is 38.4. The van der Waals surface area contributed by atoms with Gasteiger partial charge in [0.1, 0.15) is 0 Å². The van der Waals surface area contributed by atoms with Crippen molar-refractivity contribution in [1.29, 1.82) is 0 Å². The monoisotopic (exact) mass is 263 g/mol. The Kier molecular flexibility index (Phi) is 4.74. The van der Waals surface area contributed by atoms with Crippen LogP contribution in [0.4, 0.5) is 18.9 Å². The third-order valence-corrected chi connectivity index (χ3v) is 3.14. The van der Waals surface area contributed by atoms with Crippen LogP contribution in [-0.4, -0.2) is 6.26 Å². The Morgan fingerprint density at radius 3 is 2.41 bits per heavy atom. The lowest BCUT2D eigenvalue weighted by Crippen LogP contribution is -2.12. The van der Waals surface area contributed by atoms with Gasteiger partial charge >= 0.3 is 6.18 Å². The van der Waals surface area contributed by atoms with Crippen molar-refractivity contribution in [2.75, 3.05) is 12.0 Å². The molecule has 0 saturated carbocycles. The molecule has 17 heavy (non-hydrogen) atoms. The Morgan fingerprint density at radius 1 is 1.29 bits per heavy atom. The number of nitrogen functional groups attached to an aromatic ring is 1. The van der Waals surface area contributed by atoms with Crippen LogP contribution in [0.1, 0.15) is 30.0 Å². The van der Waals surface area contributed by atoms with E-state index in [0.717, 1.165) is 18.1 Å².